The number of carbonyl (C=O) groups excluding carboxylic acids is 1. The molecule has 94 valence electrons. The van der Waals surface area contributed by atoms with Gasteiger partial charge in [-0.15, -0.1) is 0 Å². The Labute approximate surface area is 102 Å². The van der Waals surface area contributed by atoms with Crippen molar-refractivity contribution in [2.24, 2.45) is 0 Å². The van der Waals surface area contributed by atoms with Gasteiger partial charge in [0.25, 0.3) is 5.91 Å². The maximum atomic E-state index is 11.8. The Hall–Kier alpha value is -1.55. The van der Waals surface area contributed by atoms with E-state index in [0.717, 1.165) is 11.1 Å². The third-order valence-corrected chi connectivity index (χ3v) is 2.65. The van der Waals surface area contributed by atoms with Gasteiger partial charge in [-0.05, 0) is 38.0 Å². The zero-order valence-electron chi connectivity index (χ0n) is 10.9. The summed E-state index contributed by atoms with van der Waals surface area (Å²) in [6.45, 7) is 5.33. The van der Waals surface area contributed by atoms with Crippen molar-refractivity contribution in [2.45, 2.75) is 26.9 Å². The van der Waals surface area contributed by atoms with Gasteiger partial charge in [0.05, 0.1) is 12.8 Å². The first-order valence-electron chi connectivity index (χ1n) is 5.49. The highest BCUT2D eigenvalue weighted by Crippen LogP contribution is 2.32. The number of hydrogen-bond donors (Lipinski definition) is 1. The summed E-state index contributed by atoms with van der Waals surface area (Å²) < 4.78 is 5.31. The third-order valence-electron chi connectivity index (χ3n) is 2.65. The number of aliphatic hydroxyl groups excluding tert-OH is 1. The van der Waals surface area contributed by atoms with Gasteiger partial charge >= 0.3 is 0 Å². The molecule has 1 aromatic carbocycles. The minimum absolute atomic E-state index is 0.353. The van der Waals surface area contributed by atoms with Crippen molar-refractivity contribution in [3.8, 4) is 5.75 Å². The van der Waals surface area contributed by atoms with Crippen LogP contribution in [0.5, 0.6) is 5.75 Å². The maximum Gasteiger partial charge on any atom is 0.255 e. The lowest BCUT2D eigenvalue weighted by Gasteiger charge is -2.23. The van der Waals surface area contributed by atoms with Crippen molar-refractivity contribution < 1.29 is 14.6 Å². The summed E-state index contributed by atoms with van der Waals surface area (Å²) >= 11 is 0. The van der Waals surface area contributed by atoms with E-state index in [9.17, 15) is 9.90 Å². The van der Waals surface area contributed by atoms with Crippen molar-refractivity contribution in [1.29, 1.82) is 0 Å². The molecule has 0 heterocycles. The molecule has 0 aromatic heterocycles. The molecular weight excluding hydrogens is 218 g/mol. The van der Waals surface area contributed by atoms with Crippen LogP contribution in [0.25, 0.3) is 0 Å². The van der Waals surface area contributed by atoms with Crippen LogP contribution in [0.2, 0.25) is 0 Å². The lowest BCUT2D eigenvalue weighted by Crippen LogP contribution is -2.34. The van der Waals surface area contributed by atoms with Crippen LogP contribution in [-0.4, -0.2) is 31.3 Å². The average Bonchev–Trinajstić information content (AvgIpc) is 2.25. The van der Waals surface area contributed by atoms with Crippen LogP contribution < -0.4 is 9.64 Å². The van der Waals surface area contributed by atoms with Crippen LogP contribution >= 0.6 is 0 Å². The fraction of sp³-hybridized carbons (Fsp3) is 0.462. The SMILES string of the molecule is COc1c(C)cc(C)cc1N(C)C(=O)C(C)O. The number of likely N-dealkylation sites (N-methyl/N-ethyl adjacent to an activating group) is 1. The molecule has 0 aliphatic carbocycles. The number of methoxy groups -OCH3 is 1. The van der Waals surface area contributed by atoms with Gasteiger partial charge < -0.3 is 14.7 Å². The first-order valence-corrected chi connectivity index (χ1v) is 5.49. The molecule has 1 N–H and O–H groups in total. The van der Waals surface area contributed by atoms with E-state index in [0.29, 0.717) is 11.4 Å². The van der Waals surface area contributed by atoms with Crippen molar-refractivity contribution >= 4 is 11.6 Å². The Morgan fingerprint density at radius 3 is 2.47 bits per heavy atom. The predicted molar refractivity (Wildman–Crippen MR) is 67.6 cm³/mol. The van der Waals surface area contributed by atoms with E-state index in [1.807, 2.05) is 26.0 Å². The van der Waals surface area contributed by atoms with Gasteiger partial charge in [-0.25, -0.2) is 0 Å². The predicted octanol–water partition coefficient (Wildman–Crippen LogP) is 1.66. The molecule has 1 unspecified atom stereocenters. The van der Waals surface area contributed by atoms with Crippen LogP contribution in [0, 0.1) is 13.8 Å². The van der Waals surface area contributed by atoms with Crippen molar-refractivity contribution in [1.82, 2.24) is 0 Å². The average molecular weight is 237 g/mol. The fourth-order valence-corrected chi connectivity index (χ4v) is 1.85. The summed E-state index contributed by atoms with van der Waals surface area (Å²) in [5, 5.41) is 9.32. The molecule has 0 spiro atoms. The molecule has 0 radical (unpaired) electrons. The zero-order valence-corrected chi connectivity index (χ0v) is 10.9. The van der Waals surface area contributed by atoms with Gasteiger partial charge in [-0.1, -0.05) is 6.07 Å². The van der Waals surface area contributed by atoms with Gasteiger partial charge in [0, 0.05) is 7.05 Å². The largest absolute Gasteiger partial charge is 0.494 e. The minimum Gasteiger partial charge on any atom is -0.494 e. The van der Waals surface area contributed by atoms with Gasteiger partial charge in [-0.2, -0.15) is 0 Å². The maximum absolute atomic E-state index is 11.8. The van der Waals surface area contributed by atoms with E-state index in [1.54, 1.807) is 14.2 Å². The summed E-state index contributed by atoms with van der Waals surface area (Å²) in [6.07, 6.45) is -1.02. The van der Waals surface area contributed by atoms with Crippen LogP contribution in [-0.2, 0) is 4.79 Å². The smallest absolute Gasteiger partial charge is 0.255 e. The topological polar surface area (TPSA) is 49.8 Å². The Bertz CT molecular complexity index is 427. The molecule has 0 aliphatic heterocycles. The highest BCUT2D eigenvalue weighted by Gasteiger charge is 2.20. The normalized spacial score (nSPS) is 12.1. The number of ether oxygens (including phenoxy) is 1. The molecule has 0 saturated heterocycles. The Balaban J connectivity index is 3.25. The number of rotatable bonds is 3. The monoisotopic (exact) mass is 237 g/mol. The number of hydrogen-bond acceptors (Lipinski definition) is 3. The Morgan fingerprint density at radius 2 is 2.00 bits per heavy atom. The van der Waals surface area contributed by atoms with Crippen LogP contribution in [0.3, 0.4) is 0 Å². The molecule has 0 fully saturated rings. The number of aliphatic hydroxyl groups is 1. The van der Waals surface area contributed by atoms with E-state index >= 15 is 0 Å². The second-order valence-electron chi connectivity index (χ2n) is 4.21. The van der Waals surface area contributed by atoms with E-state index in [-0.39, 0.29) is 5.91 Å². The highest BCUT2D eigenvalue weighted by atomic mass is 16.5. The molecule has 4 heteroatoms. The van der Waals surface area contributed by atoms with Crippen LogP contribution in [0.15, 0.2) is 12.1 Å². The zero-order chi connectivity index (χ0) is 13.2. The third kappa shape index (κ3) is 2.77. The first kappa shape index (κ1) is 13.5. The standard InChI is InChI=1S/C13H19NO3/c1-8-6-9(2)12(17-5)11(7-8)14(4)13(16)10(3)15/h6-7,10,15H,1-5H3. The van der Waals surface area contributed by atoms with Crippen molar-refractivity contribution in [2.75, 3.05) is 19.1 Å². The summed E-state index contributed by atoms with van der Waals surface area (Å²) in [5.74, 6) is 0.306. The van der Waals surface area contributed by atoms with Gasteiger partial charge in [0.1, 0.15) is 11.9 Å². The number of nitrogens with zero attached hydrogens (tertiary/aromatic N) is 1. The Morgan fingerprint density at radius 1 is 1.41 bits per heavy atom. The van der Waals surface area contributed by atoms with E-state index in [2.05, 4.69) is 0 Å². The number of carbonyl (C=O) groups is 1. The number of aryl methyl sites for hydroxylation is 2. The summed E-state index contributed by atoms with van der Waals surface area (Å²) in [5.41, 5.74) is 2.69. The number of amides is 1. The molecular formula is C13H19NO3. The summed E-state index contributed by atoms with van der Waals surface area (Å²) in [7, 11) is 3.20. The minimum atomic E-state index is -1.02. The number of anilines is 1. The Kier molecular flexibility index (Phi) is 4.12. The molecule has 0 bridgehead atoms. The van der Waals surface area contributed by atoms with Gasteiger partial charge in [-0.3, -0.25) is 4.79 Å². The lowest BCUT2D eigenvalue weighted by atomic mass is 10.1. The van der Waals surface area contributed by atoms with Crippen LogP contribution in [0.1, 0.15) is 18.1 Å². The van der Waals surface area contributed by atoms with Crippen molar-refractivity contribution in [3.05, 3.63) is 23.3 Å². The molecule has 1 aromatic rings. The molecule has 17 heavy (non-hydrogen) atoms. The second-order valence-corrected chi connectivity index (χ2v) is 4.21. The summed E-state index contributed by atoms with van der Waals surface area (Å²) in [6, 6.07) is 3.86. The first-order chi connectivity index (χ1) is 7.88. The molecule has 0 saturated carbocycles. The lowest BCUT2D eigenvalue weighted by molar-refractivity contribution is -0.125. The van der Waals surface area contributed by atoms with E-state index < -0.39 is 6.10 Å². The molecule has 0 aliphatic rings. The summed E-state index contributed by atoms with van der Waals surface area (Å²) in [4.78, 5) is 13.2. The quantitative estimate of drug-likeness (QED) is 0.869. The van der Waals surface area contributed by atoms with Gasteiger partial charge in [0.2, 0.25) is 0 Å². The van der Waals surface area contributed by atoms with Crippen LogP contribution in [0.4, 0.5) is 5.69 Å². The second kappa shape index (κ2) is 5.19. The molecule has 1 atom stereocenters. The van der Waals surface area contributed by atoms with E-state index in [4.69, 9.17) is 4.74 Å². The van der Waals surface area contributed by atoms with Gasteiger partial charge in [0.15, 0.2) is 0 Å². The number of benzene rings is 1. The molecule has 1 rings (SSSR count). The van der Waals surface area contributed by atoms with E-state index in [1.165, 1.54) is 11.8 Å². The van der Waals surface area contributed by atoms with Crippen molar-refractivity contribution in [3.63, 3.8) is 0 Å². The molecule has 1 amide bonds. The molecule has 4 nitrogen and oxygen atoms in total. The fourth-order valence-electron chi connectivity index (χ4n) is 1.85. The highest BCUT2D eigenvalue weighted by molar-refractivity contribution is 5.97.